The van der Waals surface area contributed by atoms with Gasteiger partial charge >= 0.3 is 0 Å². The first kappa shape index (κ1) is 14.3. The van der Waals surface area contributed by atoms with Gasteiger partial charge in [-0.1, -0.05) is 41.9 Å². The second kappa shape index (κ2) is 6.85. The number of thiophene rings is 1. The van der Waals surface area contributed by atoms with Crippen molar-refractivity contribution < 1.29 is 4.79 Å². The molecule has 2 aromatic rings. The van der Waals surface area contributed by atoms with Crippen LogP contribution in [0.5, 0.6) is 0 Å². The number of rotatable bonds is 6. The maximum absolute atomic E-state index is 12.0. The van der Waals surface area contributed by atoms with E-state index in [1.165, 1.54) is 4.88 Å². The largest absolute Gasteiger partial charge is 0.298 e. The van der Waals surface area contributed by atoms with Crippen molar-refractivity contribution in [3.8, 4) is 0 Å². The molecule has 0 saturated heterocycles. The van der Waals surface area contributed by atoms with Crippen LogP contribution < -0.4 is 0 Å². The maximum atomic E-state index is 12.0. The van der Waals surface area contributed by atoms with Crippen molar-refractivity contribution >= 4 is 28.7 Å². The van der Waals surface area contributed by atoms with E-state index in [1.54, 1.807) is 11.3 Å². The van der Waals surface area contributed by atoms with Gasteiger partial charge in [-0.3, -0.25) is 9.69 Å². The highest BCUT2D eigenvalue weighted by molar-refractivity contribution is 7.16. The minimum Gasteiger partial charge on any atom is -0.298 e. The molecule has 0 radical (unpaired) electrons. The summed E-state index contributed by atoms with van der Waals surface area (Å²) < 4.78 is 0.791. The van der Waals surface area contributed by atoms with E-state index in [2.05, 4.69) is 0 Å². The lowest BCUT2D eigenvalue weighted by atomic mass is 10.1. The first-order chi connectivity index (χ1) is 9.13. The molecule has 0 unspecified atom stereocenters. The average Bonchev–Trinajstić information content (AvgIpc) is 2.75. The van der Waals surface area contributed by atoms with E-state index in [0.717, 1.165) is 16.4 Å². The Bertz CT molecular complexity index is 538. The van der Waals surface area contributed by atoms with Gasteiger partial charge in [-0.25, -0.2) is 0 Å². The lowest BCUT2D eigenvalue weighted by Gasteiger charge is -2.14. The number of hydrogen-bond donors (Lipinski definition) is 0. The van der Waals surface area contributed by atoms with Gasteiger partial charge in [0.05, 0.1) is 10.9 Å². The second-order valence-corrected chi connectivity index (χ2v) is 6.38. The molecule has 4 heteroatoms. The molecule has 1 aromatic carbocycles. The summed E-state index contributed by atoms with van der Waals surface area (Å²) in [6, 6.07) is 13.7. The normalized spacial score (nSPS) is 10.9. The molecule has 0 amide bonds. The Morgan fingerprint density at radius 1 is 1.21 bits per heavy atom. The molecular weight excluding hydrogens is 278 g/mol. The Labute approximate surface area is 122 Å². The van der Waals surface area contributed by atoms with E-state index in [0.29, 0.717) is 13.0 Å². The fraction of sp³-hybridized carbons (Fsp3) is 0.267. The fourth-order valence-corrected chi connectivity index (χ4v) is 3.11. The zero-order valence-electron chi connectivity index (χ0n) is 10.8. The topological polar surface area (TPSA) is 20.3 Å². The number of ketones is 1. The minimum atomic E-state index is 0.233. The quantitative estimate of drug-likeness (QED) is 0.810. The van der Waals surface area contributed by atoms with Crippen LogP contribution in [0.3, 0.4) is 0 Å². The van der Waals surface area contributed by atoms with Crippen LogP contribution in [0.15, 0.2) is 42.5 Å². The highest BCUT2D eigenvalue weighted by atomic mass is 35.5. The van der Waals surface area contributed by atoms with Gasteiger partial charge in [0.1, 0.15) is 0 Å². The van der Waals surface area contributed by atoms with Crippen molar-refractivity contribution in [1.29, 1.82) is 0 Å². The lowest BCUT2D eigenvalue weighted by molar-refractivity contribution is -0.119. The fourth-order valence-electron chi connectivity index (χ4n) is 1.94. The maximum Gasteiger partial charge on any atom is 0.151 e. The minimum absolute atomic E-state index is 0.233. The Balaban J connectivity index is 1.82. The Morgan fingerprint density at radius 2 is 1.95 bits per heavy atom. The first-order valence-electron chi connectivity index (χ1n) is 6.12. The summed E-state index contributed by atoms with van der Waals surface area (Å²) in [5, 5.41) is 0. The van der Waals surface area contributed by atoms with Crippen LogP contribution in [0.4, 0.5) is 0 Å². The molecule has 0 N–H and O–H groups in total. The van der Waals surface area contributed by atoms with Crippen LogP contribution in [0.25, 0.3) is 0 Å². The molecule has 2 rings (SSSR count). The third kappa shape index (κ3) is 4.78. The van der Waals surface area contributed by atoms with Crippen molar-refractivity contribution in [1.82, 2.24) is 4.90 Å². The van der Waals surface area contributed by atoms with Crippen LogP contribution in [0.2, 0.25) is 4.34 Å². The van der Waals surface area contributed by atoms with Crippen LogP contribution in [0.1, 0.15) is 10.4 Å². The van der Waals surface area contributed by atoms with Gasteiger partial charge in [0.15, 0.2) is 5.78 Å². The number of halogens is 1. The number of carbonyl (C=O) groups excluding carboxylic acids is 1. The molecule has 1 heterocycles. The number of nitrogens with zero attached hydrogens (tertiary/aromatic N) is 1. The molecule has 2 nitrogen and oxygen atoms in total. The summed E-state index contributed by atoms with van der Waals surface area (Å²) in [5.41, 5.74) is 1.07. The van der Waals surface area contributed by atoms with Crippen LogP contribution >= 0.6 is 22.9 Å². The molecule has 0 spiro atoms. The lowest BCUT2D eigenvalue weighted by Crippen LogP contribution is -2.26. The van der Waals surface area contributed by atoms with E-state index in [9.17, 15) is 4.79 Å². The molecule has 0 atom stereocenters. The van der Waals surface area contributed by atoms with Crippen LogP contribution in [-0.2, 0) is 17.8 Å². The molecule has 1 aromatic heterocycles. The molecule has 0 aliphatic carbocycles. The molecule has 100 valence electrons. The van der Waals surface area contributed by atoms with E-state index in [4.69, 9.17) is 11.6 Å². The molecule has 19 heavy (non-hydrogen) atoms. The highest BCUT2D eigenvalue weighted by Crippen LogP contribution is 2.22. The average molecular weight is 294 g/mol. The Hall–Kier alpha value is -1.16. The van der Waals surface area contributed by atoms with Gasteiger partial charge in [0.2, 0.25) is 0 Å². The summed E-state index contributed by atoms with van der Waals surface area (Å²) >= 11 is 7.45. The summed E-state index contributed by atoms with van der Waals surface area (Å²) in [5.74, 6) is 0.233. The van der Waals surface area contributed by atoms with Crippen molar-refractivity contribution in [3.05, 3.63) is 57.2 Å². The summed E-state index contributed by atoms with van der Waals surface area (Å²) in [7, 11) is 1.95. The summed E-state index contributed by atoms with van der Waals surface area (Å²) in [6.45, 7) is 1.22. The zero-order chi connectivity index (χ0) is 13.7. The van der Waals surface area contributed by atoms with Gasteiger partial charge in [0, 0.05) is 17.8 Å². The Morgan fingerprint density at radius 3 is 2.58 bits per heavy atom. The van der Waals surface area contributed by atoms with Crippen molar-refractivity contribution in [3.63, 3.8) is 0 Å². The number of Topliss-reactive ketones (excluding diaryl/α,β-unsaturated/α-hetero) is 1. The molecule has 0 aliphatic rings. The van der Waals surface area contributed by atoms with Gasteiger partial charge in [-0.2, -0.15) is 0 Å². The first-order valence-corrected chi connectivity index (χ1v) is 7.31. The van der Waals surface area contributed by atoms with Gasteiger partial charge in [-0.15, -0.1) is 11.3 Å². The monoisotopic (exact) mass is 293 g/mol. The van der Waals surface area contributed by atoms with Gasteiger partial charge in [-0.05, 0) is 24.7 Å². The molecule has 0 bridgehead atoms. The molecule has 0 saturated carbocycles. The molecule has 0 fully saturated rings. The SMILES string of the molecule is CN(CC(=O)Cc1ccccc1)Cc1ccc(Cl)s1. The van der Waals surface area contributed by atoms with Crippen LogP contribution in [0, 0.1) is 0 Å². The highest BCUT2D eigenvalue weighted by Gasteiger charge is 2.09. The second-order valence-electron chi connectivity index (χ2n) is 4.58. The van der Waals surface area contributed by atoms with Gasteiger partial charge in [0.25, 0.3) is 0 Å². The van der Waals surface area contributed by atoms with Crippen molar-refractivity contribution in [2.24, 2.45) is 0 Å². The van der Waals surface area contributed by atoms with E-state index < -0.39 is 0 Å². The number of benzene rings is 1. The molecular formula is C15H16ClNOS. The number of likely N-dealkylation sites (N-methyl/N-ethyl adjacent to an activating group) is 1. The number of carbonyl (C=O) groups is 1. The number of hydrogen-bond acceptors (Lipinski definition) is 3. The van der Waals surface area contributed by atoms with Crippen molar-refractivity contribution in [2.75, 3.05) is 13.6 Å². The standard InChI is InChI=1S/C15H16ClNOS/c1-17(11-14-7-8-15(16)19-14)10-13(18)9-12-5-3-2-4-6-12/h2-8H,9-11H2,1H3. The third-order valence-corrected chi connectivity index (χ3v) is 3.96. The smallest absolute Gasteiger partial charge is 0.151 e. The third-order valence-electron chi connectivity index (χ3n) is 2.74. The predicted molar refractivity (Wildman–Crippen MR) is 80.8 cm³/mol. The summed E-state index contributed by atoms with van der Waals surface area (Å²) in [6.07, 6.45) is 0.496. The summed E-state index contributed by atoms with van der Waals surface area (Å²) in [4.78, 5) is 15.2. The predicted octanol–water partition coefficient (Wildman–Crippen LogP) is 3.65. The Kier molecular flexibility index (Phi) is 5.14. The van der Waals surface area contributed by atoms with E-state index >= 15 is 0 Å². The van der Waals surface area contributed by atoms with Crippen molar-refractivity contribution in [2.45, 2.75) is 13.0 Å². The molecule has 0 aliphatic heterocycles. The van der Waals surface area contributed by atoms with Crippen LogP contribution in [-0.4, -0.2) is 24.3 Å². The van der Waals surface area contributed by atoms with E-state index in [-0.39, 0.29) is 5.78 Å². The zero-order valence-corrected chi connectivity index (χ0v) is 12.4. The van der Waals surface area contributed by atoms with E-state index in [1.807, 2.05) is 54.4 Å². The van der Waals surface area contributed by atoms with Gasteiger partial charge < -0.3 is 0 Å².